The van der Waals surface area contributed by atoms with E-state index >= 15 is 0 Å². The van der Waals surface area contributed by atoms with Crippen LogP contribution >= 0.6 is 0 Å². The van der Waals surface area contributed by atoms with Gasteiger partial charge in [-0.15, -0.1) is 0 Å². The summed E-state index contributed by atoms with van der Waals surface area (Å²) in [6, 6.07) is 9.22. The fraction of sp³-hybridized carbons (Fsp3) is 0.182. The summed E-state index contributed by atoms with van der Waals surface area (Å²) in [5.74, 6) is 1.64. The lowest BCUT2D eigenvalue weighted by Gasteiger charge is -2.04. The Kier molecular flexibility index (Phi) is 4.50. The molecule has 5 heteroatoms. The SMILES string of the molecule is CC[N+](CC)=C1C=Cc2c/c(=C/C=C3Oc4ccccc4O3)c(=O)oc2=C1. The van der Waals surface area contributed by atoms with Crippen molar-refractivity contribution < 1.29 is 18.5 Å². The topological polar surface area (TPSA) is 51.7 Å². The fourth-order valence-corrected chi connectivity index (χ4v) is 3.10. The van der Waals surface area contributed by atoms with E-state index in [4.69, 9.17) is 13.9 Å². The molecule has 1 aliphatic heterocycles. The minimum absolute atomic E-state index is 0.326. The van der Waals surface area contributed by atoms with Crippen molar-refractivity contribution in [3.63, 3.8) is 0 Å². The van der Waals surface area contributed by atoms with E-state index in [0.29, 0.717) is 28.1 Å². The van der Waals surface area contributed by atoms with Gasteiger partial charge in [-0.25, -0.2) is 9.37 Å². The molecule has 2 aliphatic rings. The minimum Gasteiger partial charge on any atom is -0.422 e. The average Bonchev–Trinajstić information content (AvgIpc) is 3.10. The van der Waals surface area contributed by atoms with E-state index in [0.717, 1.165) is 24.4 Å². The predicted molar refractivity (Wildman–Crippen MR) is 104 cm³/mol. The van der Waals surface area contributed by atoms with Crippen LogP contribution in [0.25, 0.3) is 18.2 Å². The molecule has 0 saturated carbocycles. The number of hydrogen-bond acceptors (Lipinski definition) is 4. The van der Waals surface area contributed by atoms with Crippen LogP contribution in [0.15, 0.2) is 57.6 Å². The molecule has 2 heterocycles. The van der Waals surface area contributed by atoms with Crippen LogP contribution in [0.2, 0.25) is 0 Å². The van der Waals surface area contributed by atoms with Crippen LogP contribution < -0.4 is 25.7 Å². The molecule has 0 bridgehead atoms. The maximum atomic E-state index is 12.4. The van der Waals surface area contributed by atoms with E-state index < -0.39 is 5.63 Å². The third-order valence-electron chi connectivity index (χ3n) is 4.54. The van der Waals surface area contributed by atoms with Gasteiger partial charge in [-0.1, -0.05) is 12.1 Å². The van der Waals surface area contributed by atoms with Crippen molar-refractivity contribution in [2.45, 2.75) is 13.8 Å². The van der Waals surface area contributed by atoms with E-state index in [1.165, 1.54) is 0 Å². The maximum absolute atomic E-state index is 12.4. The molecule has 5 nitrogen and oxygen atoms in total. The van der Waals surface area contributed by atoms with Crippen molar-refractivity contribution in [1.29, 1.82) is 0 Å². The molecule has 0 saturated heterocycles. The third-order valence-corrected chi connectivity index (χ3v) is 4.54. The monoisotopic (exact) mass is 362 g/mol. The molecule has 4 rings (SSSR count). The highest BCUT2D eigenvalue weighted by molar-refractivity contribution is 6.17. The summed E-state index contributed by atoms with van der Waals surface area (Å²) in [4.78, 5) is 12.4. The number of para-hydroxylation sites is 2. The Morgan fingerprint density at radius 2 is 1.70 bits per heavy atom. The Bertz CT molecular complexity index is 1130. The molecule has 27 heavy (non-hydrogen) atoms. The first kappa shape index (κ1) is 17.1. The lowest BCUT2D eigenvalue weighted by atomic mass is 10.1. The molecule has 0 atom stereocenters. The largest absolute Gasteiger partial charge is 0.422 e. The Hall–Kier alpha value is -3.34. The van der Waals surface area contributed by atoms with Crippen LogP contribution in [0.3, 0.4) is 0 Å². The predicted octanol–water partition coefficient (Wildman–Crippen LogP) is 2.03. The second-order valence-corrected chi connectivity index (χ2v) is 6.19. The van der Waals surface area contributed by atoms with Gasteiger partial charge in [0.25, 0.3) is 5.95 Å². The van der Waals surface area contributed by atoms with E-state index in [2.05, 4.69) is 18.4 Å². The van der Waals surface area contributed by atoms with Crippen LogP contribution in [0, 0.1) is 0 Å². The molecule has 1 aliphatic carbocycles. The number of benzene rings is 1. The Morgan fingerprint density at radius 3 is 2.37 bits per heavy atom. The van der Waals surface area contributed by atoms with Crippen molar-refractivity contribution in [1.82, 2.24) is 0 Å². The Morgan fingerprint density at radius 1 is 1.00 bits per heavy atom. The van der Waals surface area contributed by atoms with Gasteiger partial charge in [0, 0.05) is 17.7 Å². The number of fused-ring (bicyclic) bond motifs is 2. The van der Waals surface area contributed by atoms with Gasteiger partial charge >= 0.3 is 5.63 Å². The van der Waals surface area contributed by atoms with E-state index in [-0.39, 0.29) is 0 Å². The molecule has 0 spiro atoms. The van der Waals surface area contributed by atoms with Crippen LogP contribution in [0.1, 0.15) is 19.4 Å². The van der Waals surface area contributed by atoms with Gasteiger partial charge in [0.1, 0.15) is 18.5 Å². The van der Waals surface area contributed by atoms with Crippen molar-refractivity contribution in [2.24, 2.45) is 0 Å². The average molecular weight is 362 g/mol. The number of allylic oxidation sites excluding steroid dienone is 2. The number of hydrogen-bond donors (Lipinski definition) is 0. The smallest absolute Gasteiger partial charge is 0.343 e. The fourth-order valence-electron chi connectivity index (χ4n) is 3.10. The van der Waals surface area contributed by atoms with Gasteiger partial charge < -0.3 is 13.9 Å². The van der Waals surface area contributed by atoms with Crippen LogP contribution in [-0.4, -0.2) is 23.4 Å². The standard InChI is InChI=1S/C22H20NO4/c1-3-23(4-2)17-11-9-15-13-16(22(24)27-20(15)14-17)10-12-21-25-18-7-5-6-8-19(18)26-21/h5-14H,3-4H2,1-2H3/q+1/b16-10-. The molecular formula is C22H20NO4+. The molecule has 2 aromatic rings. The van der Waals surface area contributed by atoms with Gasteiger partial charge in [-0.2, -0.15) is 0 Å². The number of rotatable bonds is 3. The number of nitrogens with zero attached hydrogens (tertiary/aromatic N) is 1. The molecule has 1 aromatic heterocycles. The first-order chi connectivity index (χ1) is 13.2. The van der Waals surface area contributed by atoms with E-state index in [1.807, 2.05) is 48.6 Å². The zero-order chi connectivity index (χ0) is 18.8. The molecule has 1 aromatic carbocycles. The molecule has 0 amide bonds. The highest BCUT2D eigenvalue weighted by Gasteiger charge is 2.17. The summed E-state index contributed by atoms with van der Waals surface area (Å²) in [6.45, 7) is 5.99. The van der Waals surface area contributed by atoms with Gasteiger partial charge in [-0.3, -0.25) is 0 Å². The maximum Gasteiger partial charge on any atom is 0.343 e. The summed E-state index contributed by atoms with van der Waals surface area (Å²) in [5.41, 5.74) is 2.09. The zero-order valence-corrected chi connectivity index (χ0v) is 15.3. The number of ether oxygens (including phenoxy) is 2. The third kappa shape index (κ3) is 3.36. The quantitative estimate of drug-likeness (QED) is 0.784. The zero-order valence-electron chi connectivity index (χ0n) is 15.3. The van der Waals surface area contributed by atoms with E-state index in [1.54, 1.807) is 12.2 Å². The van der Waals surface area contributed by atoms with Crippen molar-refractivity contribution in [3.8, 4) is 11.5 Å². The van der Waals surface area contributed by atoms with Gasteiger partial charge in [0.2, 0.25) is 5.71 Å². The van der Waals surface area contributed by atoms with Crippen LogP contribution in [0.5, 0.6) is 11.5 Å². The van der Waals surface area contributed by atoms with Crippen molar-refractivity contribution in [3.05, 3.63) is 75.0 Å². The summed E-state index contributed by atoms with van der Waals surface area (Å²) in [7, 11) is 0. The molecule has 0 fully saturated rings. The second kappa shape index (κ2) is 7.11. The second-order valence-electron chi connectivity index (χ2n) is 6.19. The van der Waals surface area contributed by atoms with Crippen molar-refractivity contribution >= 4 is 23.9 Å². The molecule has 0 unspecified atom stereocenters. The Balaban J connectivity index is 1.70. The summed E-state index contributed by atoms with van der Waals surface area (Å²) < 4.78 is 18.9. The Labute approximate surface area is 156 Å². The van der Waals surface area contributed by atoms with Gasteiger partial charge in [0.15, 0.2) is 11.5 Å². The minimum atomic E-state index is -0.397. The molecular weight excluding hydrogens is 342 g/mol. The van der Waals surface area contributed by atoms with Crippen molar-refractivity contribution in [2.75, 3.05) is 13.1 Å². The van der Waals surface area contributed by atoms with Crippen LogP contribution in [-0.2, 0) is 0 Å². The highest BCUT2D eigenvalue weighted by Crippen LogP contribution is 2.35. The van der Waals surface area contributed by atoms with Gasteiger partial charge in [-0.05, 0) is 44.2 Å². The lowest BCUT2D eigenvalue weighted by molar-refractivity contribution is -0.518. The van der Waals surface area contributed by atoms with E-state index in [9.17, 15) is 4.79 Å². The summed E-state index contributed by atoms with van der Waals surface area (Å²) in [6.07, 6.45) is 9.19. The summed E-state index contributed by atoms with van der Waals surface area (Å²) >= 11 is 0. The van der Waals surface area contributed by atoms with Crippen LogP contribution in [0.4, 0.5) is 0 Å². The molecule has 0 radical (unpaired) electrons. The highest BCUT2D eigenvalue weighted by atomic mass is 16.7. The normalized spacial score (nSPS) is 14.8. The lowest BCUT2D eigenvalue weighted by Crippen LogP contribution is -2.32. The molecule has 136 valence electrons. The first-order valence-corrected chi connectivity index (χ1v) is 9.00. The molecule has 0 N–H and O–H groups in total. The first-order valence-electron chi connectivity index (χ1n) is 9.00. The van der Waals surface area contributed by atoms with Gasteiger partial charge in [0.05, 0.1) is 11.3 Å². The summed E-state index contributed by atoms with van der Waals surface area (Å²) in [5, 5.41) is 0.439.